The molecule has 0 aliphatic rings. The number of carboxylic acids is 1. The van der Waals surface area contributed by atoms with Crippen molar-refractivity contribution in [2.75, 3.05) is 6.61 Å². The summed E-state index contributed by atoms with van der Waals surface area (Å²) in [6.45, 7) is 2.66. The van der Waals surface area contributed by atoms with Gasteiger partial charge >= 0.3 is 5.97 Å². The first-order chi connectivity index (χ1) is 12.7. The molecule has 0 bridgehead atoms. The van der Waals surface area contributed by atoms with Crippen LogP contribution in [-0.2, 0) is 4.79 Å². The Morgan fingerprint density at radius 3 is 2.42 bits per heavy atom. The van der Waals surface area contributed by atoms with Crippen molar-refractivity contribution in [2.45, 2.75) is 51.9 Å². The van der Waals surface area contributed by atoms with E-state index in [9.17, 15) is 4.79 Å². The van der Waals surface area contributed by atoms with Crippen LogP contribution in [0.1, 0.15) is 51.9 Å². The van der Waals surface area contributed by atoms with Crippen LogP contribution in [0.3, 0.4) is 0 Å². The third-order valence-electron chi connectivity index (χ3n) is 3.69. The summed E-state index contributed by atoms with van der Waals surface area (Å²) in [5.41, 5.74) is 0. The molecule has 3 heteroatoms. The lowest BCUT2D eigenvalue weighted by Gasteiger charge is -2.07. The van der Waals surface area contributed by atoms with Crippen LogP contribution < -0.4 is 4.74 Å². The van der Waals surface area contributed by atoms with Crippen LogP contribution in [0, 0.1) is 17.8 Å². The van der Waals surface area contributed by atoms with Gasteiger partial charge in [-0.2, -0.15) is 0 Å². The molecular weight excluding hydrogens is 324 g/mol. The van der Waals surface area contributed by atoms with Gasteiger partial charge in [0.05, 0.1) is 5.92 Å². The van der Waals surface area contributed by atoms with Crippen LogP contribution in [0.4, 0.5) is 0 Å². The predicted octanol–water partition coefficient (Wildman–Crippen LogP) is 5.63. The number of rotatable bonds is 12. The first-order valence-corrected chi connectivity index (χ1v) is 9.39. The number of benzene rings is 1. The molecule has 140 valence electrons. The van der Waals surface area contributed by atoms with E-state index >= 15 is 0 Å². The zero-order valence-corrected chi connectivity index (χ0v) is 15.7. The van der Waals surface area contributed by atoms with Gasteiger partial charge in [-0.1, -0.05) is 48.3 Å². The molecule has 1 aromatic rings. The van der Waals surface area contributed by atoms with Crippen molar-refractivity contribution in [3.8, 4) is 17.6 Å². The normalized spacial score (nSPS) is 12.0. The van der Waals surface area contributed by atoms with E-state index in [1.54, 1.807) is 0 Å². The van der Waals surface area contributed by atoms with Gasteiger partial charge in [-0.05, 0) is 63.7 Å². The van der Waals surface area contributed by atoms with Crippen molar-refractivity contribution in [1.29, 1.82) is 0 Å². The summed E-state index contributed by atoms with van der Waals surface area (Å²) in [7, 11) is 0. The Labute approximate surface area is 157 Å². The maximum atomic E-state index is 10.4. The molecule has 1 atom stereocenters. The Hall–Kier alpha value is -2.47. The van der Waals surface area contributed by atoms with E-state index in [1.807, 2.05) is 36.4 Å². The summed E-state index contributed by atoms with van der Waals surface area (Å²) < 4.78 is 5.67. The molecule has 0 aliphatic carbocycles. The van der Waals surface area contributed by atoms with Gasteiger partial charge in [0.25, 0.3) is 0 Å². The predicted molar refractivity (Wildman–Crippen MR) is 107 cm³/mol. The van der Waals surface area contributed by atoms with Crippen molar-refractivity contribution in [3.63, 3.8) is 0 Å². The molecule has 0 amide bonds. The lowest BCUT2D eigenvalue weighted by molar-refractivity contribution is -0.137. The number of carbonyl (C=O) groups is 1. The Morgan fingerprint density at radius 1 is 1.08 bits per heavy atom. The number of carboxylic acid groups (broad SMARTS) is 1. The van der Waals surface area contributed by atoms with Crippen molar-refractivity contribution < 1.29 is 14.6 Å². The number of hydrogen-bond acceptors (Lipinski definition) is 2. The minimum absolute atomic E-state index is 0.200. The number of allylic oxidation sites excluding steroid dienone is 4. The second kappa shape index (κ2) is 14.8. The maximum absolute atomic E-state index is 10.4. The summed E-state index contributed by atoms with van der Waals surface area (Å²) in [6.07, 6.45) is 14.5. The van der Waals surface area contributed by atoms with E-state index in [2.05, 4.69) is 37.0 Å². The molecular formula is C23H30O3. The van der Waals surface area contributed by atoms with Gasteiger partial charge in [-0.3, -0.25) is 4.79 Å². The quantitative estimate of drug-likeness (QED) is 0.300. The van der Waals surface area contributed by atoms with E-state index in [0.29, 0.717) is 6.61 Å². The topological polar surface area (TPSA) is 46.5 Å². The first-order valence-electron chi connectivity index (χ1n) is 9.39. The fourth-order valence-corrected chi connectivity index (χ4v) is 2.24. The Kier molecular flexibility index (Phi) is 12.3. The lowest BCUT2D eigenvalue weighted by Crippen LogP contribution is -2.06. The molecule has 0 aromatic heterocycles. The molecule has 0 fully saturated rings. The molecule has 0 saturated carbocycles. The molecule has 0 heterocycles. The van der Waals surface area contributed by atoms with Gasteiger partial charge in [-0.15, -0.1) is 0 Å². The second-order valence-corrected chi connectivity index (χ2v) is 6.26. The summed E-state index contributed by atoms with van der Waals surface area (Å²) in [5, 5.41) is 8.53. The highest BCUT2D eigenvalue weighted by Crippen LogP contribution is 2.09. The van der Waals surface area contributed by atoms with Gasteiger partial charge in [0, 0.05) is 6.42 Å². The molecule has 0 spiro atoms. The molecule has 3 nitrogen and oxygen atoms in total. The van der Waals surface area contributed by atoms with Crippen LogP contribution in [0.2, 0.25) is 0 Å². The first kappa shape index (κ1) is 21.6. The molecule has 26 heavy (non-hydrogen) atoms. The Morgan fingerprint density at radius 2 is 1.73 bits per heavy atom. The second-order valence-electron chi connectivity index (χ2n) is 6.26. The number of ether oxygens (including phenoxy) is 1. The van der Waals surface area contributed by atoms with E-state index in [1.165, 1.54) is 0 Å². The van der Waals surface area contributed by atoms with Crippen molar-refractivity contribution in [3.05, 3.63) is 54.6 Å². The third kappa shape index (κ3) is 12.9. The van der Waals surface area contributed by atoms with Gasteiger partial charge in [0.15, 0.2) is 0 Å². The van der Waals surface area contributed by atoms with Crippen molar-refractivity contribution >= 4 is 5.97 Å². The molecule has 0 saturated heterocycles. The minimum atomic E-state index is -0.716. The van der Waals surface area contributed by atoms with E-state index in [-0.39, 0.29) is 12.3 Å². The summed E-state index contributed by atoms with van der Waals surface area (Å²) >= 11 is 0. The molecule has 1 unspecified atom stereocenters. The fraction of sp³-hybridized carbons (Fsp3) is 0.435. The minimum Gasteiger partial charge on any atom is -0.492 e. The molecule has 0 aliphatic heterocycles. The SMILES string of the molecule is CC(C#C/C=C\CCCC/C=C\CCCC(=O)O)COc1ccccc1. The highest BCUT2D eigenvalue weighted by atomic mass is 16.5. The highest BCUT2D eigenvalue weighted by Gasteiger charge is 1.97. The highest BCUT2D eigenvalue weighted by molar-refractivity contribution is 5.66. The van der Waals surface area contributed by atoms with Crippen LogP contribution in [0.15, 0.2) is 54.6 Å². The van der Waals surface area contributed by atoms with Crippen LogP contribution in [0.5, 0.6) is 5.75 Å². The van der Waals surface area contributed by atoms with Crippen LogP contribution in [0.25, 0.3) is 0 Å². The molecule has 1 rings (SSSR count). The van der Waals surface area contributed by atoms with Gasteiger partial charge in [0.2, 0.25) is 0 Å². The van der Waals surface area contributed by atoms with Crippen LogP contribution in [-0.4, -0.2) is 17.7 Å². The maximum Gasteiger partial charge on any atom is 0.303 e. The zero-order valence-electron chi connectivity index (χ0n) is 15.7. The zero-order chi connectivity index (χ0) is 18.9. The molecule has 1 aromatic carbocycles. The third-order valence-corrected chi connectivity index (χ3v) is 3.69. The van der Waals surface area contributed by atoms with E-state index in [0.717, 1.165) is 44.3 Å². The van der Waals surface area contributed by atoms with Gasteiger partial charge in [0.1, 0.15) is 12.4 Å². The van der Waals surface area contributed by atoms with E-state index < -0.39 is 5.97 Å². The van der Waals surface area contributed by atoms with Gasteiger partial charge < -0.3 is 9.84 Å². The lowest BCUT2D eigenvalue weighted by atomic mass is 10.1. The standard InChI is InChI=1S/C23H30O3/c1-21(20-26-22-17-13-11-14-18-22)16-12-9-7-5-3-2-4-6-8-10-15-19-23(24)25/h6-9,11,13-14,17-18,21H,2-5,10,15,19-20H2,1H3,(H,24,25)/b8-6-,9-7-. The Balaban J connectivity index is 2.01. The molecule has 1 N–H and O–H groups in total. The number of aliphatic carboxylic acids is 1. The summed E-state index contributed by atoms with van der Waals surface area (Å²) in [6, 6.07) is 9.80. The monoisotopic (exact) mass is 354 g/mol. The molecule has 0 radical (unpaired) electrons. The Bertz CT molecular complexity index is 605. The fourth-order valence-electron chi connectivity index (χ4n) is 2.24. The summed E-state index contributed by atoms with van der Waals surface area (Å²) in [5.74, 6) is 6.63. The van der Waals surface area contributed by atoms with Crippen molar-refractivity contribution in [2.24, 2.45) is 5.92 Å². The average Bonchev–Trinajstić information content (AvgIpc) is 2.64. The average molecular weight is 354 g/mol. The van der Waals surface area contributed by atoms with Crippen LogP contribution >= 0.6 is 0 Å². The van der Waals surface area contributed by atoms with Gasteiger partial charge in [-0.25, -0.2) is 0 Å². The number of para-hydroxylation sites is 1. The largest absolute Gasteiger partial charge is 0.492 e. The smallest absolute Gasteiger partial charge is 0.303 e. The summed E-state index contributed by atoms with van der Waals surface area (Å²) in [4.78, 5) is 10.4. The van der Waals surface area contributed by atoms with Crippen molar-refractivity contribution in [1.82, 2.24) is 0 Å². The van der Waals surface area contributed by atoms with E-state index in [4.69, 9.17) is 9.84 Å². The number of hydrogen-bond donors (Lipinski definition) is 1. The number of unbranched alkanes of at least 4 members (excludes halogenated alkanes) is 4.